The van der Waals surface area contributed by atoms with Crippen LogP contribution in [0.2, 0.25) is 0 Å². The molecule has 2 unspecified atom stereocenters. The highest BCUT2D eigenvalue weighted by Crippen LogP contribution is 2.64. The SMILES string of the molecule is CC1=C2C[C@H]3[C@@H](CCC4=C[C@@H](O)CCC43C)[C@@H]2CC[C@@]2(C1)OC1C[C@H](C)CN(Cc3ccccc3)[C@H]1[C@H]2C. The highest BCUT2D eigenvalue weighted by Gasteiger charge is 2.59. The van der Waals surface area contributed by atoms with Gasteiger partial charge in [-0.3, -0.25) is 4.90 Å². The molecule has 0 amide bonds. The van der Waals surface area contributed by atoms with Crippen molar-refractivity contribution in [2.24, 2.45) is 35.0 Å². The van der Waals surface area contributed by atoms with Crippen LogP contribution in [0.1, 0.15) is 91.0 Å². The first-order valence-corrected chi connectivity index (χ1v) is 15.8. The number of allylic oxidation sites excluding steroid dienone is 2. The third kappa shape index (κ3) is 3.93. The smallest absolute Gasteiger partial charge is 0.0765 e. The summed E-state index contributed by atoms with van der Waals surface area (Å²) in [5.74, 6) is 3.59. The molecule has 3 nitrogen and oxygen atoms in total. The number of likely N-dealkylation sites (tertiary alicyclic amines) is 1. The topological polar surface area (TPSA) is 32.7 Å². The summed E-state index contributed by atoms with van der Waals surface area (Å²) in [6, 6.07) is 11.6. The zero-order chi connectivity index (χ0) is 26.2. The van der Waals surface area contributed by atoms with Gasteiger partial charge >= 0.3 is 0 Å². The maximum absolute atomic E-state index is 10.3. The van der Waals surface area contributed by atoms with Crippen LogP contribution >= 0.6 is 0 Å². The Morgan fingerprint density at radius 3 is 2.71 bits per heavy atom. The predicted molar refractivity (Wildman–Crippen MR) is 153 cm³/mol. The van der Waals surface area contributed by atoms with Crippen LogP contribution in [0.5, 0.6) is 0 Å². The summed E-state index contributed by atoms with van der Waals surface area (Å²) in [5, 5.41) is 10.3. The molecule has 3 heteroatoms. The van der Waals surface area contributed by atoms with E-state index in [1.54, 1.807) is 11.1 Å². The standard InChI is InChI=1S/C35H49NO2/c1-22-16-32-33(36(20-22)21-25-8-6-5-7-9-25)24(3)35(38-32)15-13-28-29-11-10-26-17-27(37)12-14-34(26,4)31(29)18-30(28)23(2)19-35/h5-9,17,22,24,27-29,31-33,37H,10-16,18-21H2,1-4H3/t22-,24+,27-,28-,29-,31-,32?,33-,34?,35-/m0/s1. The second-order valence-corrected chi connectivity index (χ2v) is 14.6. The van der Waals surface area contributed by atoms with Gasteiger partial charge < -0.3 is 9.84 Å². The maximum Gasteiger partial charge on any atom is 0.0765 e. The highest BCUT2D eigenvalue weighted by atomic mass is 16.5. The lowest BCUT2D eigenvalue weighted by Gasteiger charge is -2.49. The predicted octanol–water partition coefficient (Wildman–Crippen LogP) is 7.30. The zero-order valence-electron chi connectivity index (χ0n) is 24.2. The van der Waals surface area contributed by atoms with Gasteiger partial charge in [-0.2, -0.15) is 0 Å². The van der Waals surface area contributed by atoms with Crippen molar-refractivity contribution >= 4 is 0 Å². The number of aliphatic hydroxyl groups is 1. The van der Waals surface area contributed by atoms with Crippen molar-refractivity contribution in [2.45, 2.75) is 116 Å². The normalized spacial score (nSPS) is 46.7. The van der Waals surface area contributed by atoms with Crippen molar-refractivity contribution in [3.63, 3.8) is 0 Å². The van der Waals surface area contributed by atoms with Crippen molar-refractivity contribution in [1.82, 2.24) is 4.90 Å². The molecule has 2 heterocycles. The molecular formula is C35H49NO2. The molecule has 0 aromatic heterocycles. The van der Waals surface area contributed by atoms with Crippen molar-refractivity contribution in [1.29, 1.82) is 0 Å². The molecule has 206 valence electrons. The average Bonchev–Trinajstić information content (AvgIpc) is 3.35. The molecule has 7 rings (SSSR count). The maximum atomic E-state index is 10.3. The first-order valence-electron chi connectivity index (χ1n) is 15.8. The fourth-order valence-corrected chi connectivity index (χ4v) is 10.7. The van der Waals surface area contributed by atoms with Gasteiger partial charge in [0.1, 0.15) is 0 Å². The van der Waals surface area contributed by atoms with Crippen molar-refractivity contribution < 1.29 is 9.84 Å². The minimum absolute atomic E-state index is 0.00380. The van der Waals surface area contributed by atoms with Crippen LogP contribution in [0.4, 0.5) is 0 Å². The molecule has 1 aromatic carbocycles. The summed E-state index contributed by atoms with van der Waals surface area (Å²) >= 11 is 0. The first kappa shape index (κ1) is 25.5. The van der Waals surface area contributed by atoms with E-state index in [9.17, 15) is 5.11 Å². The highest BCUT2D eigenvalue weighted by molar-refractivity contribution is 5.33. The summed E-state index contributed by atoms with van der Waals surface area (Å²) in [4.78, 5) is 2.78. The van der Waals surface area contributed by atoms with E-state index in [-0.39, 0.29) is 11.7 Å². The van der Waals surface area contributed by atoms with Gasteiger partial charge in [0.25, 0.3) is 0 Å². The van der Waals surface area contributed by atoms with Crippen LogP contribution < -0.4 is 0 Å². The summed E-state index contributed by atoms with van der Waals surface area (Å²) < 4.78 is 7.30. The molecule has 4 aliphatic carbocycles. The molecule has 6 aliphatic rings. The van der Waals surface area contributed by atoms with E-state index < -0.39 is 0 Å². The van der Waals surface area contributed by atoms with Crippen LogP contribution in [0.15, 0.2) is 53.1 Å². The molecule has 4 fully saturated rings. The number of aliphatic hydroxyl groups excluding tert-OH is 1. The van der Waals surface area contributed by atoms with Gasteiger partial charge in [-0.15, -0.1) is 0 Å². The first-order chi connectivity index (χ1) is 18.3. The van der Waals surface area contributed by atoms with E-state index in [2.05, 4.69) is 69.0 Å². The third-order valence-electron chi connectivity index (χ3n) is 12.5. The largest absolute Gasteiger partial charge is 0.389 e. The third-order valence-corrected chi connectivity index (χ3v) is 12.5. The van der Waals surface area contributed by atoms with Crippen LogP contribution in [-0.4, -0.2) is 40.4 Å². The zero-order valence-corrected chi connectivity index (χ0v) is 24.2. The minimum atomic E-state index is -0.212. The van der Waals surface area contributed by atoms with E-state index in [4.69, 9.17) is 4.74 Å². The lowest BCUT2D eigenvalue weighted by atomic mass is 9.56. The minimum Gasteiger partial charge on any atom is -0.389 e. The Labute approximate surface area is 230 Å². The Morgan fingerprint density at radius 1 is 1.08 bits per heavy atom. The number of ether oxygens (including phenoxy) is 1. The van der Waals surface area contributed by atoms with Crippen LogP contribution in [-0.2, 0) is 11.3 Å². The lowest BCUT2D eigenvalue weighted by Crippen LogP contribution is -2.51. The number of piperidine rings is 1. The van der Waals surface area contributed by atoms with Gasteiger partial charge in [-0.1, -0.05) is 73.9 Å². The summed E-state index contributed by atoms with van der Waals surface area (Å²) in [7, 11) is 0. The molecule has 38 heavy (non-hydrogen) atoms. The number of rotatable bonds is 2. The van der Waals surface area contributed by atoms with Crippen LogP contribution in [0.25, 0.3) is 0 Å². The second-order valence-electron chi connectivity index (χ2n) is 14.6. The van der Waals surface area contributed by atoms with Gasteiger partial charge in [-0.25, -0.2) is 0 Å². The molecule has 2 aliphatic heterocycles. The van der Waals surface area contributed by atoms with Crippen molar-refractivity contribution in [2.75, 3.05) is 6.54 Å². The Bertz CT molecular complexity index is 1120. The molecule has 0 bridgehead atoms. The second kappa shape index (κ2) is 9.32. The Hall–Kier alpha value is -1.42. The van der Waals surface area contributed by atoms with E-state index in [0.717, 1.165) is 37.1 Å². The molecule has 0 radical (unpaired) electrons. The van der Waals surface area contributed by atoms with Gasteiger partial charge in [0, 0.05) is 25.0 Å². The summed E-state index contributed by atoms with van der Waals surface area (Å²) in [6.45, 7) is 12.2. The molecule has 1 aromatic rings. The molecule has 1 spiro atoms. The van der Waals surface area contributed by atoms with Gasteiger partial charge in [0.2, 0.25) is 0 Å². The van der Waals surface area contributed by atoms with Crippen LogP contribution in [0, 0.1) is 35.0 Å². The molecule has 1 N–H and O–H groups in total. The van der Waals surface area contributed by atoms with E-state index in [1.165, 1.54) is 57.1 Å². The van der Waals surface area contributed by atoms with Gasteiger partial charge in [0.05, 0.1) is 17.8 Å². The summed E-state index contributed by atoms with van der Waals surface area (Å²) in [6.07, 6.45) is 13.2. The van der Waals surface area contributed by atoms with E-state index in [1.807, 2.05) is 5.57 Å². The van der Waals surface area contributed by atoms with Gasteiger partial charge in [0.15, 0.2) is 0 Å². The number of benzene rings is 1. The Morgan fingerprint density at radius 2 is 1.89 bits per heavy atom. The molecular weight excluding hydrogens is 466 g/mol. The number of fused-ring (bicyclic) bond motifs is 6. The number of nitrogens with zero attached hydrogens (tertiary/aromatic N) is 1. The molecule has 2 saturated carbocycles. The quantitative estimate of drug-likeness (QED) is 0.419. The molecule has 2 saturated heterocycles. The monoisotopic (exact) mass is 515 g/mol. The van der Waals surface area contributed by atoms with Crippen LogP contribution in [0.3, 0.4) is 0 Å². The Balaban J connectivity index is 1.16. The average molecular weight is 516 g/mol. The van der Waals surface area contributed by atoms with Gasteiger partial charge in [-0.05, 0) is 99.4 Å². The number of hydrogen-bond donors (Lipinski definition) is 1. The summed E-state index contributed by atoms with van der Waals surface area (Å²) in [5.41, 5.74) is 6.80. The fourth-order valence-electron chi connectivity index (χ4n) is 10.7. The lowest BCUT2D eigenvalue weighted by molar-refractivity contribution is -0.0799. The molecule has 10 atom stereocenters. The van der Waals surface area contributed by atoms with Crippen molar-refractivity contribution in [3.05, 3.63) is 58.7 Å². The van der Waals surface area contributed by atoms with E-state index >= 15 is 0 Å². The van der Waals surface area contributed by atoms with E-state index in [0.29, 0.717) is 29.4 Å². The fraction of sp³-hybridized carbons (Fsp3) is 0.714. The Kier molecular flexibility index (Phi) is 6.26. The van der Waals surface area contributed by atoms with Crippen molar-refractivity contribution in [3.8, 4) is 0 Å². The number of hydrogen-bond acceptors (Lipinski definition) is 3.